The molecule has 0 radical (unpaired) electrons. The van der Waals surface area contributed by atoms with Crippen molar-refractivity contribution in [3.8, 4) is 0 Å². The van der Waals surface area contributed by atoms with E-state index >= 15 is 0 Å². The van der Waals surface area contributed by atoms with E-state index < -0.39 is 10.0 Å². The Hall–Kier alpha value is -1.96. The van der Waals surface area contributed by atoms with Gasteiger partial charge in [-0.15, -0.1) is 0 Å². The van der Waals surface area contributed by atoms with E-state index in [1.54, 1.807) is 19.3 Å². The maximum Gasteiger partial charge on any atom is 0.246 e. The second-order valence-corrected chi connectivity index (χ2v) is 7.84. The molecule has 0 spiro atoms. The molecular formula is C17H22N4O2S. The van der Waals surface area contributed by atoms with Gasteiger partial charge in [0.2, 0.25) is 10.0 Å². The summed E-state index contributed by atoms with van der Waals surface area (Å²) >= 11 is 0. The van der Waals surface area contributed by atoms with Gasteiger partial charge in [-0.3, -0.25) is 4.98 Å². The van der Waals surface area contributed by atoms with Crippen molar-refractivity contribution in [2.75, 3.05) is 38.1 Å². The topological polar surface area (TPSA) is 65.5 Å². The highest BCUT2D eigenvalue weighted by atomic mass is 32.2. The molecule has 1 aromatic heterocycles. The molecule has 0 amide bonds. The fourth-order valence-corrected chi connectivity index (χ4v) is 4.14. The van der Waals surface area contributed by atoms with Gasteiger partial charge in [-0.2, -0.15) is 4.31 Å². The third-order valence-electron chi connectivity index (χ3n) is 4.16. The summed E-state index contributed by atoms with van der Waals surface area (Å²) in [7, 11) is -2.00. The maximum absolute atomic E-state index is 13.0. The van der Waals surface area contributed by atoms with Crippen LogP contribution in [0.1, 0.15) is 5.56 Å². The van der Waals surface area contributed by atoms with Crippen LogP contribution >= 0.6 is 0 Å². The molecule has 2 aromatic rings. The van der Waals surface area contributed by atoms with Gasteiger partial charge < -0.3 is 10.2 Å². The number of hydrogen-bond donors (Lipinski definition) is 1. The molecule has 1 N–H and O–H groups in total. The molecule has 128 valence electrons. The highest BCUT2D eigenvalue weighted by molar-refractivity contribution is 7.89. The summed E-state index contributed by atoms with van der Waals surface area (Å²) in [5.41, 5.74) is 1.68. The number of piperazine rings is 1. The van der Waals surface area contributed by atoms with Crippen LogP contribution in [-0.2, 0) is 16.6 Å². The third kappa shape index (κ3) is 3.58. The predicted octanol–water partition coefficient (Wildman–Crippen LogP) is 1.31. The zero-order chi connectivity index (χ0) is 17.0. The molecule has 6 nitrogen and oxygen atoms in total. The van der Waals surface area contributed by atoms with Crippen molar-refractivity contribution in [3.05, 3.63) is 54.4 Å². The summed E-state index contributed by atoms with van der Waals surface area (Å²) in [5, 5.41) is 3.28. The van der Waals surface area contributed by atoms with E-state index in [-0.39, 0.29) is 4.90 Å². The third-order valence-corrected chi connectivity index (χ3v) is 5.98. The van der Waals surface area contributed by atoms with Gasteiger partial charge in [-0.1, -0.05) is 30.3 Å². The van der Waals surface area contributed by atoms with Crippen LogP contribution in [0.2, 0.25) is 0 Å². The molecule has 1 saturated heterocycles. The monoisotopic (exact) mass is 346 g/mol. The number of anilines is 1. The van der Waals surface area contributed by atoms with E-state index in [4.69, 9.17) is 0 Å². The Morgan fingerprint density at radius 3 is 2.58 bits per heavy atom. The van der Waals surface area contributed by atoms with Crippen LogP contribution in [0, 0.1) is 0 Å². The number of pyridine rings is 1. The van der Waals surface area contributed by atoms with E-state index in [0.717, 1.165) is 37.4 Å². The van der Waals surface area contributed by atoms with Gasteiger partial charge in [-0.25, -0.2) is 8.42 Å². The normalized spacial score (nSPS) is 15.7. The Kier molecular flexibility index (Phi) is 5.13. The summed E-state index contributed by atoms with van der Waals surface area (Å²) in [6.07, 6.45) is 3.10. The summed E-state index contributed by atoms with van der Waals surface area (Å²) in [6.45, 7) is 3.60. The highest BCUT2D eigenvalue weighted by Gasteiger charge is 2.27. The lowest BCUT2D eigenvalue weighted by Gasteiger charge is -2.31. The lowest BCUT2D eigenvalue weighted by Crippen LogP contribution is -2.44. The number of nitrogens with zero attached hydrogens (tertiary/aromatic N) is 3. The van der Waals surface area contributed by atoms with Crippen molar-refractivity contribution < 1.29 is 8.42 Å². The van der Waals surface area contributed by atoms with Crippen LogP contribution in [0.5, 0.6) is 0 Å². The zero-order valence-corrected chi connectivity index (χ0v) is 14.5. The van der Waals surface area contributed by atoms with Crippen LogP contribution in [0.3, 0.4) is 0 Å². The van der Waals surface area contributed by atoms with Crippen molar-refractivity contribution in [3.63, 3.8) is 0 Å². The first-order chi connectivity index (χ1) is 11.6. The molecular weight excluding hydrogens is 324 g/mol. The fourth-order valence-electron chi connectivity index (χ4n) is 2.83. The summed E-state index contributed by atoms with van der Waals surface area (Å²) in [4.78, 5) is 6.42. The van der Waals surface area contributed by atoms with E-state index in [1.807, 2.05) is 30.3 Å². The molecule has 1 aliphatic heterocycles. The Morgan fingerprint density at radius 2 is 1.88 bits per heavy atom. The van der Waals surface area contributed by atoms with E-state index in [1.165, 1.54) is 10.5 Å². The number of aromatic nitrogens is 1. The first-order valence-corrected chi connectivity index (χ1v) is 9.43. The first-order valence-electron chi connectivity index (χ1n) is 7.99. The minimum absolute atomic E-state index is 0.269. The molecule has 2 heterocycles. The molecule has 7 heteroatoms. The van der Waals surface area contributed by atoms with Crippen LogP contribution in [0.4, 0.5) is 5.69 Å². The lowest BCUT2D eigenvalue weighted by atomic mass is 10.2. The molecule has 0 atom stereocenters. The predicted molar refractivity (Wildman–Crippen MR) is 94.4 cm³/mol. The molecule has 0 saturated carbocycles. The van der Waals surface area contributed by atoms with Crippen LogP contribution in [0.15, 0.2) is 53.7 Å². The summed E-state index contributed by atoms with van der Waals surface area (Å²) < 4.78 is 27.5. The highest BCUT2D eigenvalue weighted by Crippen LogP contribution is 2.27. The Bertz CT molecular complexity index is 774. The molecule has 0 unspecified atom stereocenters. The molecule has 3 rings (SSSR count). The number of hydrogen-bond acceptors (Lipinski definition) is 5. The minimum Gasteiger partial charge on any atom is -0.368 e. The van der Waals surface area contributed by atoms with Crippen molar-refractivity contribution in [2.45, 2.75) is 11.4 Å². The summed E-state index contributed by atoms with van der Waals surface area (Å²) in [5.74, 6) is 0. The molecule has 0 bridgehead atoms. The number of rotatable bonds is 5. The number of benzene rings is 1. The SMILES string of the molecule is CN(Cc1ccccc1)S(=O)(=O)c1cnccc1N1CCNCC1. The van der Waals surface area contributed by atoms with Crippen molar-refractivity contribution in [1.82, 2.24) is 14.6 Å². The smallest absolute Gasteiger partial charge is 0.246 e. The van der Waals surface area contributed by atoms with Gasteiger partial charge in [0.15, 0.2) is 0 Å². The van der Waals surface area contributed by atoms with Crippen LogP contribution in [-0.4, -0.2) is 50.9 Å². The lowest BCUT2D eigenvalue weighted by molar-refractivity contribution is 0.466. The Morgan fingerprint density at radius 1 is 1.17 bits per heavy atom. The average Bonchev–Trinajstić information content (AvgIpc) is 2.63. The standard InChI is InChI=1S/C17H22N4O2S/c1-20(14-15-5-3-2-4-6-15)24(22,23)17-13-19-8-7-16(17)21-11-9-18-10-12-21/h2-8,13,18H,9-12,14H2,1H3. The van der Waals surface area contributed by atoms with Crippen LogP contribution < -0.4 is 10.2 Å². The Labute approximate surface area is 143 Å². The van der Waals surface area contributed by atoms with E-state index in [0.29, 0.717) is 6.54 Å². The molecule has 24 heavy (non-hydrogen) atoms. The van der Waals surface area contributed by atoms with Gasteiger partial charge in [0.25, 0.3) is 0 Å². The van der Waals surface area contributed by atoms with E-state index in [9.17, 15) is 8.42 Å². The van der Waals surface area contributed by atoms with Gasteiger partial charge in [0.05, 0.1) is 5.69 Å². The molecule has 1 aromatic carbocycles. The second kappa shape index (κ2) is 7.29. The molecule has 1 aliphatic rings. The fraction of sp³-hybridized carbons (Fsp3) is 0.353. The minimum atomic E-state index is -3.61. The Balaban J connectivity index is 1.89. The second-order valence-electron chi connectivity index (χ2n) is 5.83. The number of nitrogens with one attached hydrogen (secondary N) is 1. The van der Waals surface area contributed by atoms with Crippen molar-refractivity contribution in [1.29, 1.82) is 0 Å². The molecule has 0 aliphatic carbocycles. The van der Waals surface area contributed by atoms with Gasteiger partial charge in [0, 0.05) is 52.2 Å². The molecule has 1 fully saturated rings. The maximum atomic E-state index is 13.0. The number of sulfonamides is 1. The van der Waals surface area contributed by atoms with Gasteiger partial charge in [-0.05, 0) is 11.6 Å². The van der Waals surface area contributed by atoms with E-state index in [2.05, 4.69) is 15.2 Å². The largest absolute Gasteiger partial charge is 0.368 e. The zero-order valence-electron chi connectivity index (χ0n) is 13.7. The first kappa shape index (κ1) is 16.9. The van der Waals surface area contributed by atoms with Crippen LogP contribution in [0.25, 0.3) is 0 Å². The van der Waals surface area contributed by atoms with Crippen molar-refractivity contribution >= 4 is 15.7 Å². The quantitative estimate of drug-likeness (QED) is 0.884. The van der Waals surface area contributed by atoms with Crippen molar-refractivity contribution in [2.24, 2.45) is 0 Å². The average molecular weight is 346 g/mol. The summed E-state index contributed by atoms with van der Waals surface area (Å²) in [6, 6.07) is 11.4. The van der Waals surface area contributed by atoms with Gasteiger partial charge in [0.1, 0.15) is 4.90 Å². The van der Waals surface area contributed by atoms with Gasteiger partial charge >= 0.3 is 0 Å².